The molecule has 0 saturated carbocycles. The minimum absolute atomic E-state index is 1.12. The minimum Gasteiger partial charge on any atom is -0.310 e. The topological polar surface area (TPSA) is 8.17 Å². The second-order valence-corrected chi connectivity index (χ2v) is 15.2. The van der Waals surface area contributed by atoms with Crippen LogP contribution < -0.4 is 4.90 Å². The van der Waals surface area contributed by atoms with E-state index in [1.165, 1.54) is 86.4 Å². The molecule has 0 amide bonds. The largest absolute Gasteiger partial charge is 0.310 e. The van der Waals surface area contributed by atoms with E-state index in [0.717, 1.165) is 11.4 Å². The molecule has 0 aliphatic carbocycles. The highest BCUT2D eigenvalue weighted by atomic mass is 32.1. The fourth-order valence-corrected chi connectivity index (χ4v) is 9.55. The lowest BCUT2D eigenvalue weighted by atomic mass is 9.98. The molecule has 11 aromatic rings. The van der Waals surface area contributed by atoms with E-state index in [1.54, 1.807) is 0 Å². The van der Waals surface area contributed by atoms with E-state index in [2.05, 4.69) is 216 Å². The zero-order chi connectivity index (χ0) is 36.3. The number of benzene rings is 9. The Morgan fingerprint density at radius 3 is 1.71 bits per heavy atom. The first-order valence-electron chi connectivity index (χ1n) is 18.8. The first kappa shape index (κ1) is 31.6. The van der Waals surface area contributed by atoms with Crippen molar-refractivity contribution in [3.63, 3.8) is 0 Å². The van der Waals surface area contributed by atoms with Crippen LogP contribution in [0.5, 0.6) is 0 Å². The van der Waals surface area contributed by atoms with Gasteiger partial charge in [0.1, 0.15) is 0 Å². The van der Waals surface area contributed by atoms with Gasteiger partial charge >= 0.3 is 0 Å². The molecule has 258 valence electrons. The highest BCUT2D eigenvalue weighted by Gasteiger charge is 2.19. The van der Waals surface area contributed by atoms with Crippen LogP contribution in [0.25, 0.3) is 80.7 Å². The molecule has 0 aliphatic rings. The fraction of sp³-hybridized carbons (Fsp3) is 0. The Morgan fingerprint density at radius 2 is 0.945 bits per heavy atom. The van der Waals surface area contributed by atoms with E-state index in [0.29, 0.717) is 0 Å². The fourth-order valence-electron chi connectivity index (χ4n) is 8.43. The van der Waals surface area contributed by atoms with E-state index in [1.807, 2.05) is 11.3 Å². The Balaban J connectivity index is 0.987. The van der Waals surface area contributed by atoms with Crippen LogP contribution in [0.1, 0.15) is 0 Å². The average Bonchev–Trinajstić information content (AvgIpc) is 3.81. The van der Waals surface area contributed by atoms with Crippen molar-refractivity contribution < 1.29 is 0 Å². The highest BCUT2D eigenvalue weighted by Crippen LogP contribution is 2.45. The molecule has 0 atom stereocenters. The van der Waals surface area contributed by atoms with Gasteiger partial charge in [0.15, 0.2) is 0 Å². The number of aromatic nitrogens is 1. The molecule has 2 aromatic heterocycles. The van der Waals surface area contributed by atoms with Gasteiger partial charge in [0.2, 0.25) is 0 Å². The van der Waals surface area contributed by atoms with Gasteiger partial charge < -0.3 is 9.47 Å². The van der Waals surface area contributed by atoms with Crippen molar-refractivity contribution >= 4 is 81.1 Å². The molecule has 2 nitrogen and oxygen atoms in total. The van der Waals surface area contributed by atoms with E-state index in [-0.39, 0.29) is 0 Å². The summed E-state index contributed by atoms with van der Waals surface area (Å²) in [5, 5.41) is 7.58. The van der Waals surface area contributed by atoms with Crippen molar-refractivity contribution in [1.82, 2.24) is 4.57 Å². The maximum atomic E-state index is 2.42. The van der Waals surface area contributed by atoms with Gasteiger partial charge in [0.05, 0.1) is 22.4 Å². The SMILES string of the molecule is c1ccc(-n2c3ccccc3c3ccccc32)c(-c2ccc(-c3ccc(N(c4ccc5ccccc5c4)c4cccc5sc6ccccc6c45)cc3)cc2)c1. The normalized spacial score (nSPS) is 11.6. The van der Waals surface area contributed by atoms with Crippen LogP contribution in [-0.4, -0.2) is 4.57 Å². The lowest BCUT2D eigenvalue weighted by molar-refractivity contribution is 1.18. The zero-order valence-electron chi connectivity index (χ0n) is 29.9. The van der Waals surface area contributed by atoms with Crippen molar-refractivity contribution in [2.75, 3.05) is 4.90 Å². The van der Waals surface area contributed by atoms with Gasteiger partial charge in [-0.2, -0.15) is 0 Å². The second-order valence-electron chi connectivity index (χ2n) is 14.1. The van der Waals surface area contributed by atoms with Crippen LogP contribution in [0.3, 0.4) is 0 Å². The van der Waals surface area contributed by atoms with Crippen LogP contribution in [0.15, 0.2) is 206 Å². The molecule has 0 spiro atoms. The molecule has 0 fully saturated rings. The third kappa shape index (κ3) is 5.24. The van der Waals surface area contributed by atoms with Crippen molar-refractivity contribution in [3.8, 4) is 27.9 Å². The van der Waals surface area contributed by atoms with Gasteiger partial charge in [0.25, 0.3) is 0 Å². The number of hydrogen-bond donors (Lipinski definition) is 0. The molecule has 0 bridgehead atoms. The molecule has 11 rings (SSSR count). The van der Waals surface area contributed by atoms with Gasteiger partial charge in [-0.05, 0) is 88.1 Å². The summed E-state index contributed by atoms with van der Waals surface area (Å²) in [6, 6.07) is 75.1. The number of anilines is 3. The Bertz CT molecular complexity index is 3150. The Labute approximate surface area is 323 Å². The third-order valence-electron chi connectivity index (χ3n) is 11.0. The number of rotatable bonds is 6. The molecule has 2 heterocycles. The Hall–Kier alpha value is -6.94. The van der Waals surface area contributed by atoms with Crippen LogP contribution >= 0.6 is 11.3 Å². The van der Waals surface area contributed by atoms with Gasteiger partial charge in [0, 0.05) is 47.9 Å². The van der Waals surface area contributed by atoms with E-state index in [4.69, 9.17) is 0 Å². The Morgan fingerprint density at radius 1 is 0.382 bits per heavy atom. The van der Waals surface area contributed by atoms with Gasteiger partial charge in [-0.15, -0.1) is 11.3 Å². The van der Waals surface area contributed by atoms with Crippen LogP contribution in [-0.2, 0) is 0 Å². The van der Waals surface area contributed by atoms with Crippen LogP contribution in [0.2, 0.25) is 0 Å². The van der Waals surface area contributed by atoms with Crippen molar-refractivity contribution in [2.45, 2.75) is 0 Å². The van der Waals surface area contributed by atoms with Crippen molar-refractivity contribution in [3.05, 3.63) is 206 Å². The van der Waals surface area contributed by atoms with Gasteiger partial charge in [-0.25, -0.2) is 0 Å². The molecule has 0 radical (unpaired) electrons. The van der Waals surface area contributed by atoms with E-state index in [9.17, 15) is 0 Å². The lowest BCUT2D eigenvalue weighted by Gasteiger charge is -2.27. The predicted molar refractivity (Wildman–Crippen MR) is 237 cm³/mol. The van der Waals surface area contributed by atoms with Crippen molar-refractivity contribution in [2.24, 2.45) is 0 Å². The number of nitrogens with zero attached hydrogens (tertiary/aromatic N) is 2. The van der Waals surface area contributed by atoms with Crippen molar-refractivity contribution in [1.29, 1.82) is 0 Å². The summed E-state index contributed by atoms with van der Waals surface area (Å²) in [6.45, 7) is 0. The number of hydrogen-bond acceptors (Lipinski definition) is 2. The quantitative estimate of drug-likeness (QED) is 0.166. The Kier molecular flexibility index (Phi) is 7.39. The summed E-state index contributed by atoms with van der Waals surface area (Å²) >= 11 is 1.86. The number of para-hydroxylation sites is 3. The third-order valence-corrected chi connectivity index (χ3v) is 12.1. The summed E-state index contributed by atoms with van der Waals surface area (Å²) in [5.74, 6) is 0. The summed E-state index contributed by atoms with van der Waals surface area (Å²) in [4.78, 5) is 2.42. The first-order valence-corrected chi connectivity index (χ1v) is 19.6. The monoisotopic (exact) mass is 718 g/mol. The van der Waals surface area contributed by atoms with E-state index >= 15 is 0 Å². The smallest absolute Gasteiger partial charge is 0.0554 e. The standard InChI is InChI=1S/C52H34N2S/c1-2-13-39-34-41(33-30-35(39)12-1)53(49-21-11-23-51-52(49)45-17-6-10-22-50(45)55-51)40-31-28-37(29-32-40)36-24-26-38(27-25-36)42-14-3-7-18-46(42)54-47-19-8-4-15-43(47)44-16-5-9-20-48(44)54/h1-34H. The van der Waals surface area contributed by atoms with Gasteiger partial charge in [-0.1, -0.05) is 146 Å². The summed E-state index contributed by atoms with van der Waals surface area (Å²) in [5.41, 5.74) is 11.8. The maximum absolute atomic E-state index is 2.42. The predicted octanol–water partition coefficient (Wildman–Crippen LogP) is 15.1. The van der Waals surface area contributed by atoms with Crippen LogP contribution in [0.4, 0.5) is 17.1 Å². The minimum atomic E-state index is 1.12. The molecular weight excluding hydrogens is 685 g/mol. The number of thiophene rings is 1. The summed E-state index contributed by atoms with van der Waals surface area (Å²) in [6.07, 6.45) is 0. The van der Waals surface area contributed by atoms with Gasteiger partial charge in [-0.3, -0.25) is 0 Å². The molecule has 0 N–H and O–H groups in total. The number of fused-ring (bicyclic) bond motifs is 7. The molecular formula is C52H34N2S. The summed E-state index contributed by atoms with van der Waals surface area (Å²) in [7, 11) is 0. The molecule has 55 heavy (non-hydrogen) atoms. The highest BCUT2D eigenvalue weighted by molar-refractivity contribution is 7.26. The zero-order valence-corrected chi connectivity index (χ0v) is 30.7. The molecule has 9 aromatic carbocycles. The van der Waals surface area contributed by atoms with E-state index < -0.39 is 0 Å². The molecule has 0 aliphatic heterocycles. The molecule has 0 saturated heterocycles. The maximum Gasteiger partial charge on any atom is 0.0554 e. The summed E-state index contributed by atoms with van der Waals surface area (Å²) < 4.78 is 5.01. The lowest BCUT2D eigenvalue weighted by Crippen LogP contribution is -2.10. The second kappa shape index (κ2) is 12.9. The first-order chi connectivity index (χ1) is 27.3. The average molecular weight is 719 g/mol. The van der Waals surface area contributed by atoms with Crippen LogP contribution in [0, 0.1) is 0 Å². The molecule has 3 heteroatoms. The molecule has 0 unspecified atom stereocenters.